The topological polar surface area (TPSA) is 124 Å². The molecule has 10 heteroatoms. The summed E-state index contributed by atoms with van der Waals surface area (Å²) >= 11 is 0. The average molecular weight is 586 g/mol. The number of esters is 2. The molecule has 42 heavy (non-hydrogen) atoms. The molecule has 0 aromatic heterocycles. The zero-order chi connectivity index (χ0) is 29.8. The first-order valence-electron chi connectivity index (χ1n) is 15.2. The Morgan fingerprint density at radius 2 is 1.74 bits per heavy atom. The Labute approximate surface area is 246 Å². The number of piperidine rings is 1. The van der Waals surface area contributed by atoms with Crippen molar-refractivity contribution < 1.29 is 43.5 Å². The van der Waals surface area contributed by atoms with Crippen LogP contribution >= 0.6 is 0 Å². The van der Waals surface area contributed by atoms with Crippen LogP contribution in [0.25, 0.3) is 0 Å². The zero-order valence-corrected chi connectivity index (χ0v) is 25.0. The van der Waals surface area contributed by atoms with Gasteiger partial charge in [0.2, 0.25) is 0 Å². The minimum absolute atomic E-state index is 0.00513. The van der Waals surface area contributed by atoms with Gasteiger partial charge < -0.3 is 38.8 Å². The Hall–Kier alpha value is -2.08. The van der Waals surface area contributed by atoms with Crippen LogP contribution in [0.4, 0.5) is 0 Å². The SMILES string of the molecule is CO[C@H]1[C@H]2C3N(C)C[C@]4(CO)CC[C@H](OC)[C@@]3([C@@H]3C[C@]5(O)[C@@H](OC)C[C@@]2(OC(C)=O)[C@H]3[C@H]5OC(=O)c2ccccc2)[C@H]14. The van der Waals surface area contributed by atoms with E-state index in [0.29, 0.717) is 12.1 Å². The Balaban J connectivity index is 1.48. The Bertz CT molecular complexity index is 1260. The third kappa shape index (κ3) is 3.21. The lowest BCUT2D eigenvalue weighted by atomic mass is 9.43. The lowest BCUT2D eigenvalue weighted by Gasteiger charge is -2.68. The van der Waals surface area contributed by atoms with Crippen molar-refractivity contribution in [3.05, 3.63) is 35.9 Å². The number of aliphatic hydroxyl groups is 2. The molecule has 10 nitrogen and oxygen atoms in total. The number of nitrogens with zero attached hydrogens (tertiary/aromatic N) is 1. The van der Waals surface area contributed by atoms with Crippen molar-refractivity contribution in [1.29, 1.82) is 0 Å². The van der Waals surface area contributed by atoms with Crippen molar-refractivity contribution >= 4 is 11.9 Å². The second kappa shape index (κ2) is 9.46. The van der Waals surface area contributed by atoms with E-state index in [0.717, 1.165) is 12.8 Å². The molecule has 1 aromatic rings. The predicted molar refractivity (Wildman–Crippen MR) is 148 cm³/mol. The van der Waals surface area contributed by atoms with Crippen molar-refractivity contribution in [3.8, 4) is 0 Å². The Morgan fingerprint density at radius 3 is 2.36 bits per heavy atom. The fourth-order valence-corrected chi connectivity index (χ4v) is 11.9. The molecular formula is C32H43NO9. The van der Waals surface area contributed by atoms with Gasteiger partial charge in [0, 0.05) is 75.8 Å². The molecule has 1 saturated heterocycles. The van der Waals surface area contributed by atoms with Crippen molar-refractivity contribution in [2.45, 2.75) is 74.3 Å². The molecule has 2 N–H and O–H groups in total. The summed E-state index contributed by atoms with van der Waals surface area (Å²) in [7, 11) is 7.08. The van der Waals surface area contributed by atoms with Crippen LogP contribution in [-0.2, 0) is 28.5 Å². The molecule has 7 rings (SSSR count). The molecule has 0 radical (unpaired) electrons. The summed E-state index contributed by atoms with van der Waals surface area (Å²) in [4.78, 5) is 29.0. The molecule has 230 valence electrons. The second-order valence-corrected chi connectivity index (χ2v) is 13.8. The first kappa shape index (κ1) is 28.7. The standard InChI is InChI=1S/C32H43NO9/c1-17(35)42-31-14-21(39-4)30(37)13-19(22(31)27(30)41-28(36)18-9-7-6-8-10-18)32-20(38-3)11-12-29(16-34)15-33(2)26(32)23(31)24(40-5)25(29)32/h6-10,19-27,34,37H,11-16H2,1-5H3/t19-,20+,21+,22-,23+,24+,25-,26?,27-,29+,30+,31-,32+/m1/s1. The smallest absolute Gasteiger partial charge is 0.338 e. The van der Waals surface area contributed by atoms with Crippen LogP contribution in [0.2, 0.25) is 0 Å². The number of fused-ring (bicyclic) bond motifs is 2. The molecule has 1 aliphatic heterocycles. The summed E-state index contributed by atoms with van der Waals surface area (Å²) in [6, 6.07) is 8.64. The van der Waals surface area contributed by atoms with Crippen LogP contribution in [0.5, 0.6) is 0 Å². The van der Waals surface area contributed by atoms with Gasteiger partial charge in [0.25, 0.3) is 0 Å². The van der Waals surface area contributed by atoms with Gasteiger partial charge in [0.1, 0.15) is 17.3 Å². The monoisotopic (exact) mass is 585 g/mol. The lowest BCUT2D eigenvalue weighted by Crippen LogP contribution is -2.77. The van der Waals surface area contributed by atoms with E-state index >= 15 is 0 Å². The first-order valence-corrected chi connectivity index (χ1v) is 15.2. The highest BCUT2D eigenvalue weighted by Gasteiger charge is 2.89. The maximum atomic E-state index is 13.6. The number of likely N-dealkylation sites (tertiary alicyclic amines) is 1. The largest absolute Gasteiger partial charge is 0.458 e. The summed E-state index contributed by atoms with van der Waals surface area (Å²) in [6.07, 6.45) is -0.219. The van der Waals surface area contributed by atoms with E-state index in [4.69, 9.17) is 23.7 Å². The zero-order valence-electron chi connectivity index (χ0n) is 25.0. The lowest BCUT2D eigenvalue weighted by molar-refractivity contribution is -0.285. The number of methoxy groups -OCH3 is 3. The first-order chi connectivity index (χ1) is 20.1. The molecule has 13 atom stereocenters. The highest BCUT2D eigenvalue weighted by molar-refractivity contribution is 5.89. The van der Waals surface area contributed by atoms with E-state index in [-0.39, 0.29) is 55.5 Å². The van der Waals surface area contributed by atoms with Gasteiger partial charge in [-0.3, -0.25) is 4.79 Å². The van der Waals surface area contributed by atoms with Crippen LogP contribution in [-0.4, -0.2) is 110 Å². The van der Waals surface area contributed by atoms with Crippen molar-refractivity contribution in [2.24, 2.45) is 34.5 Å². The number of hydrogen-bond donors (Lipinski definition) is 2. The van der Waals surface area contributed by atoms with Gasteiger partial charge in [-0.15, -0.1) is 0 Å². The number of rotatable bonds is 7. The molecule has 1 heterocycles. The van der Waals surface area contributed by atoms with Crippen molar-refractivity contribution in [1.82, 2.24) is 4.90 Å². The van der Waals surface area contributed by atoms with Crippen LogP contribution in [0, 0.1) is 34.5 Å². The third-order valence-corrected chi connectivity index (χ3v) is 12.6. The molecule has 6 aliphatic rings. The minimum atomic E-state index is -1.51. The molecule has 5 saturated carbocycles. The summed E-state index contributed by atoms with van der Waals surface area (Å²) in [5.74, 6) is -2.20. The fourth-order valence-electron chi connectivity index (χ4n) is 11.9. The average Bonchev–Trinajstić information content (AvgIpc) is 3.37. The van der Waals surface area contributed by atoms with Crippen LogP contribution in [0.3, 0.4) is 0 Å². The summed E-state index contributed by atoms with van der Waals surface area (Å²) in [5, 5.41) is 23.7. The van der Waals surface area contributed by atoms with Crippen LogP contribution in [0.15, 0.2) is 30.3 Å². The molecule has 1 aromatic carbocycles. The minimum Gasteiger partial charge on any atom is -0.458 e. The number of carbonyl (C=O) groups excluding carboxylic acids is 2. The van der Waals surface area contributed by atoms with Crippen LogP contribution in [0.1, 0.15) is 43.0 Å². The molecule has 0 amide bonds. The van der Waals surface area contributed by atoms with E-state index in [2.05, 4.69) is 11.9 Å². The maximum Gasteiger partial charge on any atom is 0.338 e. The fraction of sp³-hybridized carbons (Fsp3) is 0.750. The third-order valence-electron chi connectivity index (χ3n) is 12.6. The molecule has 7 bridgehead atoms. The quantitative estimate of drug-likeness (QED) is 0.457. The van der Waals surface area contributed by atoms with E-state index in [1.165, 1.54) is 6.92 Å². The molecule has 5 aliphatic carbocycles. The van der Waals surface area contributed by atoms with Gasteiger partial charge in [-0.25, -0.2) is 4.79 Å². The van der Waals surface area contributed by atoms with Gasteiger partial charge in [-0.1, -0.05) is 18.2 Å². The Kier molecular flexibility index (Phi) is 6.46. The molecular weight excluding hydrogens is 542 g/mol. The van der Waals surface area contributed by atoms with E-state index in [1.54, 1.807) is 45.6 Å². The molecule has 1 spiro atoms. The highest BCUT2D eigenvalue weighted by atomic mass is 16.6. The second-order valence-electron chi connectivity index (χ2n) is 13.8. The van der Waals surface area contributed by atoms with Crippen LogP contribution < -0.4 is 0 Å². The number of ether oxygens (including phenoxy) is 5. The molecule has 1 unspecified atom stereocenters. The van der Waals surface area contributed by atoms with Gasteiger partial charge in [-0.05, 0) is 44.4 Å². The number of carbonyl (C=O) groups is 2. The van der Waals surface area contributed by atoms with Crippen molar-refractivity contribution in [2.75, 3.05) is 41.5 Å². The highest BCUT2D eigenvalue weighted by Crippen LogP contribution is 2.80. The van der Waals surface area contributed by atoms with Gasteiger partial charge >= 0.3 is 11.9 Å². The summed E-state index contributed by atoms with van der Waals surface area (Å²) in [6.45, 7) is 2.09. The van der Waals surface area contributed by atoms with E-state index in [1.807, 2.05) is 6.07 Å². The number of hydrogen-bond acceptors (Lipinski definition) is 10. The maximum absolute atomic E-state index is 13.6. The van der Waals surface area contributed by atoms with Gasteiger partial charge in [-0.2, -0.15) is 0 Å². The van der Waals surface area contributed by atoms with Gasteiger partial charge in [0.15, 0.2) is 0 Å². The summed E-state index contributed by atoms with van der Waals surface area (Å²) < 4.78 is 31.7. The predicted octanol–water partition coefficient (Wildman–Crippen LogP) is 1.66. The van der Waals surface area contributed by atoms with E-state index < -0.39 is 52.1 Å². The van der Waals surface area contributed by atoms with E-state index in [9.17, 15) is 19.8 Å². The van der Waals surface area contributed by atoms with Crippen molar-refractivity contribution in [3.63, 3.8) is 0 Å². The Morgan fingerprint density at radius 1 is 1.02 bits per heavy atom. The summed E-state index contributed by atoms with van der Waals surface area (Å²) in [5.41, 5.74) is -3.28. The van der Waals surface area contributed by atoms with Gasteiger partial charge in [0.05, 0.1) is 30.5 Å². The number of aliphatic hydroxyl groups excluding tert-OH is 1. The number of benzene rings is 1. The molecule has 6 fully saturated rings. The normalized spacial score (nSPS) is 49.9.